The predicted molar refractivity (Wildman–Crippen MR) is 67.3 cm³/mol. The summed E-state index contributed by atoms with van der Waals surface area (Å²) in [5.41, 5.74) is 0.622. The molecule has 5 nitrogen and oxygen atoms in total. The van der Waals surface area contributed by atoms with Gasteiger partial charge in [0.2, 0.25) is 10.0 Å². The Morgan fingerprint density at radius 1 is 1.39 bits per heavy atom. The van der Waals surface area contributed by atoms with Gasteiger partial charge in [-0.3, -0.25) is 4.79 Å². The van der Waals surface area contributed by atoms with E-state index >= 15 is 0 Å². The van der Waals surface area contributed by atoms with Crippen LogP contribution < -0.4 is 4.72 Å². The zero-order chi connectivity index (χ0) is 13.8. The van der Waals surface area contributed by atoms with E-state index in [1.807, 2.05) is 10.8 Å². The van der Waals surface area contributed by atoms with E-state index in [0.29, 0.717) is 12.0 Å². The summed E-state index contributed by atoms with van der Waals surface area (Å²) in [6.07, 6.45) is 0.427. The first-order chi connectivity index (χ1) is 8.40. The fourth-order valence-corrected chi connectivity index (χ4v) is 2.22. The van der Waals surface area contributed by atoms with Gasteiger partial charge in [0, 0.05) is 5.56 Å². The van der Waals surface area contributed by atoms with Crippen LogP contribution in [-0.2, 0) is 10.0 Å². The van der Waals surface area contributed by atoms with Gasteiger partial charge in [0.15, 0.2) is 0 Å². The Labute approximate surface area is 106 Å². The molecule has 96 valence electrons. The summed E-state index contributed by atoms with van der Waals surface area (Å²) >= 11 is 0. The normalized spacial score (nSPS) is 12.5. The third kappa shape index (κ3) is 3.31. The maximum absolute atomic E-state index is 11.7. The second kappa shape index (κ2) is 5.65. The summed E-state index contributed by atoms with van der Waals surface area (Å²) in [4.78, 5) is 11.7. The van der Waals surface area contributed by atoms with Crippen LogP contribution in [0.2, 0.25) is 0 Å². The van der Waals surface area contributed by atoms with E-state index < -0.39 is 21.2 Å². The number of amides is 1. The molecule has 0 aliphatic heterocycles. The number of hydrogen-bond acceptors (Lipinski definition) is 4. The highest BCUT2D eigenvalue weighted by Crippen LogP contribution is 2.07. The molecule has 1 unspecified atom stereocenters. The summed E-state index contributed by atoms with van der Waals surface area (Å²) in [7, 11) is -3.64. The molecule has 1 aromatic rings. The maximum atomic E-state index is 11.7. The average molecular weight is 266 g/mol. The van der Waals surface area contributed by atoms with Gasteiger partial charge < -0.3 is 0 Å². The molecule has 0 bridgehead atoms. The first kappa shape index (κ1) is 14.2. The molecule has 1 amide bonds. The van der Waals surface area contributed by atoms with Crippen molar-refractivity contribution < 1.29 is 13.2 Å². The van der Waals surface area contributed by atoms with Crippen molar-refractivity contribution in [3.05, 3.63) is 35.4 Å². The number of nitrogens with zero attached hydrogens (tertiary/aromatic N) is 1. The fraction of sp³-hybridized carbons (Fsp3) is 0.333. The van der Waals surface area contributed by atoms with E-state index in [9.17, 15) is 13.2 Å². The van der Waals surface area contributed by atoms with E-state index in [0.717, 1.165) is 0 Å². The van der Waals surface area contributed by atoms with Crippen LogP contribution in [0.5, 0.6) is 0 Å². The molecular weight excluding hydrogens is 252 g/mol. The molecule has 0 fully saturated rings. The highest BCUT2D eigenvalue weighted by molar-refractivity contribution is 7.90. The molecular formula is C12H14N2O3S. The first-order valence-corrected chi connectivity index (χ1v) is 7.01. The van der Waals surface area contributed by atoms with Crippen LogP contribution >= 0.6 is 0 Å². The summed E-state index contributed by atoms with van der Waals surface area (Å²) in [5, 5.41) is 7.99. The van der Waals surface area contributed by atoms with E-state index in [-0.39, 0.29) is 5.56 Å². The molecule has 0 heterocycles. The second-order valence-electron chi connectivity index (χ2n) is 3.88. The fourth-order valence-electron chi connectivity index (χ4n) is 1.20. The minimum absolute atomic E-state index is 0.209. The molecule has 0 saturated heterocycles. The van der Waals surface area contributed by atoms with Crippen molar-refractivity contribution in [1.29, 1.82) is 5.26 Å². The molecule has 1 aromatic carbocycles. The van der Waals surface area contributed by atoms with Crippen LogP contribution in [0.4, 0.5) is 0 Å². The van der Waals surface area contributed by atoms with Gasteiger partial charge in [-0.15, -0.1) is 0 Å². The molecule has 18 heavy (non-hydrogen) atoms. The van der Waals surface area contributed by atoms with Gasteiger partial charge >= 0.3 is 0 Å². The Morgan fingerprint density at radius 2 is 1.94 bits per heavy atom. The van der Waals surface area contributed by atoms with Gasteiger partial charge in [0.1, 0.15) is 0 Å². The molecule has 1 N–H and O–H groups in total. The van der Waals surface area contributed by atoms with E-state index in [1.54, 1.807) is 6.92 Å². The third-order valence-corrected chi connectivity index (χ3v) is 4.48. The lowest BCUT2D eigenvalue weighted by molar-refractivity contribution is 0.0981. The van der Waals surface area contributed by atoms with Gasteiger partial charge in [0.25, 0.3) is 5.91 Å². The Morgan fingerprint density at radius 3 is 2.39 bits per heavy atom. The molecule has 1 rings (SSSR count). The van der Waals surface area contributed by atoms with Crippen molar-refractivity contribution >= 4 is 15.9 Å². The summed E-state index contributed by atoms with van der Waals surface area (Å²) in [5.74, 6) is -0.681. The molecule has 1 atom stereocenters. The van der Waals surface area contributed by atoms with Crippen LogP contribution in [0.1, 0.15) is 36.2 Å². The molecule has 0 spiro atoms. The van der Waals surface area contributed by atoms with Crippen molar-refractivity contribution in [2.75, 3.05) is 0 Å². The number of benzene rings is 1. The number of carbonyl (C=O) groups is 1. The minimum Gasteiger partial charge on any atom is -0.268 e. The Bertz CT molecular complexity index is 570. The van der Waals surface area contributed by atoms with Crippen molar-refractivity contribution in [1.82, 2.24) is 4.72 Å². The monoisotopic (exact) mass is 266 g/mol. The van der Waals surface area contributed by atoms with Gasteiger partial charge in [-0.2, -0.15) is 5.26 Å². The Hall–Kier alpha value is -1.87. The van der Waals surface area contributed by atoms with Crippen LogP contribution in [0.25, 0.3) is 0 Å². The Kier molecular flexibility index (Phi) is 4.45. The van der Waals surface area contributed by atoms with Gasteiger partial charge in [0.05, 0.1) is 16.9 Å². The molecule has 0 saturated carbocycles. The number of nitrogens with one attached hydrogen (secondary N) is 1. The Balaban J connectivity index is 2.86. The largest absolute Gasteiger partial charge is 0.268 e. The van der Waals surface area contributed by atoms with Crippen LogP contribution in [-0.4, -0.2) is 19.6 Å². The van der Waals surface area contributed by atoms with Crippen LogP contribution in [0, 0.1) is 11.3 Å². The van der Waals surface area contributed by atoms with E-state index in [4.69, 9.17) is 5.26 Å². The van der Waals surface area contributed by atoms with Crippen molar-refractivity contribution in [2.45, 2.75) is 25.5 Å². The number of carbonyl (C=O) groups excluding carboxylic acids is 1. The van der Waals surface area contributed by atoms with E-state index in [1.165, 1.54) is 31.2 Å². The lowest BCUT2D eigenvalue weighted by Crippen LogP contribution is -2.36. The molecule has 6 heteroatoms. The topological polar surface area (TPSA) is 87.0 Å². The molecule has 0 aliphatic carbocycles. The summed E-state index contributed by atoms with van der Waals surface area (Å²) < 4.78 is 25.4. The summed E-state index contributed by atoms with van der Waals surface area (Å²) in [6.45, 7) is 3.27. The average Bonchev–Trinajstić information content (AvgIpc) is 2.37. The van der Waals surface area contributed by atoms with Crippen LogP contribution in [0.15, 0.2) is 24.3 Å². The highest BCUT2D eigenvalue weighted by Gasteiger charge is 2.21. The number of rotatable bonds is 4. The zero-order valence-corrected chi connectivity index (χ0v) is 11.0. The second-order valence-corrected chi connectivity index (χ2v) is 5.98. The highest BCUT2D eigenvalue weighted by atomic mass is 32.2. The van der Waals surface area contributed by atoms with Gasteiger partial charge in [-0.25, -0.2) is 13.1 Å². The molecule has 0 aromatic heterocycles. The molecule has 0 radical (unpaired) electrons. The third-order valence-electron chi connectivity index (χ3n) is 2.62. The SMILES string of the molecule is CCC(C)S(=O)(=O)NC(=O)c1ccc(C#N)cc1. The lowest BCUT2D eigenvalue weighted by Gasteiger charge is -2.11. The van der Waals surface area contributed by atoms with E-state index in [2.05, 4.69) is 0 Å². The minimum atomic E-state index is -3.64. The predicted octanol–water partition coefficient (Wildman–Crippen LogP) is 1.42. The van der Waals surface area contributed by atoms with Crippen molar-refractivity contribution in [3.63, 3.8) is 0 Å². The van der Waals surface area contributed by atoms with Gasteiger partial charge in [-0.05, 0) is 37.6 Å². The first-order valence-electron chi connectivity index (χ1n) is 5.46. The zero-order valence-electron chi connectivity index (χ0n) is 10.2. The van der Waals surface area contributed by atoms with Gasteiger partial charge in [-0.1, -0.05) is 6.92 Å². The number of sulfonamides is 1. The number of hydrogen-bond donors (Lipinski definition) is 1. The molecule has 0 aliphatic rings. The van der Waals surface area contributed by atoms with Crippen molar-refractivity contribution in [3.8, 4) is 6.07 Å². The standard InChI is InChI=1S/C12H14N2O3S/c1-3-9(2)18(16,17)14-12(15)11-6-4-10(8-13)5-7-11/h4-7,9H,3H2,1-2H3,(H,14,15). The maximum Gasteiger partial charge on any atom is 0.264 e. The van der Waals surface area contributed by atoms with Crippen molar-refractivity contribution in [2.24, 2.45) is 0 Å². The van der Waals surface area contributed by atoms with Crippen LogP contribution in [0.3, 0.4) is 0 Å². The summed E-state index contributed by atoms with van der Waals surface area (Å²) in [6, 6.07) is 7.68. The number of nitriles is 1. The quantitative estimate of drug-likeness (QED) is 0.892. The smallest absolute Gasteiger partial charge is 0.264 e. The lowest BCUT2D eigenvalue weighted by atomic mass is 10.1.